The number of aliphatic hydroxyl groups is 1. The Morgan fingerprint density at radius 1 is 0.906 bits per heavy atom. The minimum Gasteiger partial charge on any atom is -0.496 e. The van der Waals surface area contributed by atoms with E-state index in [9.17, 15) is 5.11 Å². The van der Waals surface area contributed by atoms with E-state index in [0.29, 0.717) is 5.92 Å². The van der Waals surface area contributed by atoms with Crippen molar-refractivity contribution in [2.45, 2.75) is 36.7 Å². The van der Waals surface area contributed by atoms with E-state index in [1.807, 2.05) is 24.3 Å². The fraction of sp³-hybridized carbons (Fsp3) is 0.379. The lowest BCUT2D eigenvalue weighted by Crippen LogP contribution is -2.44. The first kappa shape index (κ1) is 20.0. The van der Waals surface area contributed by atoms with Gasteiger partial charge in [-0.3, -0.25) is 0 Å². The number of fused-ring (bicyclic) bond motifs is 8. The molecule has 1 atom stereocenters. The number of benzene rings is 3. The summed E-state index contributed by atoms with van der Waals surface area (Å²) in [5, 5.41) is 11.1. The van der Waals surface area contributed by atoms with Crippen LogP contribution in [-0.2, 0) is 5.41 Å². The van der Waals surface area contributed by atoms with Gasteiger partial charge in [0.2, 0.25) is 0 Å². The normalized spacial score (nSPS) is 25.4. The Labute approximate surface area is 190 Å². The molecule has 0 aromatic heterocycles. The van der Waals surface area contributed by atoms with Gasteiger partial charge in [-0.15, -0.1) is 0 Å². The predicted molar refractivity (Wildman–Crippen MR) is 127 cm³/mol. The summed E-state index contributed by atoms with van der Waals surface area (Å²) >= 11 is 0. The molecule has 0 saturated carbocycles. The minimum atomic E-state index is -0.463. The van der Waals surface area contributed by atoms with Gasteiger partial charge < -0.3 is 14.7 Å². The molecule has 0 spiro atoms. The molecule has 0 unspecified atom stereocenters. The summed E-state index contributed by atoms with van der Waals surface area (Å²) in [6.45, 7) is 3.15. The standard InChI is InChI=1S/C29H31NO2/c1-32-27-13-7-4-10-23(27)28(31)20-14-16-30(17-15-20)19-29-18-24(21-8-2-5-11-25(21)29)22-9-3-6-12-26(22)29/h2-13,20,24,28,31H,14-19H2,1H3/t24?,28-,29?/m1/s1. The lowest BCUT2D eigenvalue weighted by Gasteiger charge is -2.40. The van der Waals surface area contributed by atoms with E-state index in [0.717, 1.165) is 43.8 Å². The van der Waals surface area contributed by atoms with Gasteiger partial charge in [0.25, 0.3) is 0 Å². The fourth-order valence-electron chi connectivity index (χ4n) is 6.78. The smallest absolute Gasteiger partial charge is 0.124 e. The molecular formula is C29H31NO2. The summed E-state index contributed by atoms with van der Waals surface area (Å²) in [6, 6.07) is 26.1. The molecule has 3 aromatic rings. The first-order valence-corrected chi connectivity index (χ1v) is 11.9. The highest BCUT2D eigenvalue weighted by Crippen LogP contribution is 2.60. The zero-order valence-corrected chi connectivity index (χ0v) is 18.7. The summed E-state index contributed by atoms with van der Waals surface area (Å²) in [7, 11) is 1.68. The molecule has 2 bridgehead atoms. The quantitative estimate of drug-likeness (QED) is 0.604. The maximum Gasteiger partial charge on any atom is 0.124 e. The van der Waals surface area contributed by atoms with Crippen LogP contribution in [0.1, 0.15) is 59.1 Å². The average Bonchev–Trinajstić information content (AvgIpc) is 3.36. The van der Waals surface area contributed by atoms with Gasteiger partial charge in [0.1, 0.15) is 5.75 Å². The molecule has 164 valence electrons. The van der Waals surface area contributed by atoms with E-state index in [1.165, 1.54) is 17.5 Å². The highest BCUT2D eigenvalue weighted by atomic mass is 16.5. The molecule has 3 aliphatic rings. The molecule has 1 heterocycles. The highest BCUT2D eigenvalue weighted by Gasteiger charge is 2.53. The third-order valence-corrected chi connectivity index (χ3v) is 8.29. The molecule has 6 rings (SSSR count). The minimum absolute atomic E-state index is 0.117. The van der Waals surface area contributed by atoms with Crippen molar-refractivity contribution < 1.29 is 9.84 Å². The topological polar surface area (TPSA) is 32.7 Å². The molecule has 32 heavy (non-hydrogen) atoms. The Balaban J connectivity index is 1.22. The molecule has 3 heteroatoms. The van der Waals surface area contributed by atoms with Crippen LogP contribution in [0.2, 0.25) is 0 Å². The van der Waals surface area contributed by atoms with Gasteiger partial charge in [-0.2, -0.15) is 0 Å². The van der Waals surface area contributed by atoms with Crippen LogP contribution < -0.4 is 4.74 Å². The Morgan fingerprint density at radius 2 is 1.50 bits per heavy atom. The number of likely N-dealkylation sites (tertiary alicyclic amines) is 1. The van der Waals surface area contributed by atoms with Crippen LogP contribution in [0.3, 0.4) is 0 Å². The van der Waals surface area contributed by atoms with Crippen LogP contribution in [-0.4, -0.2) is 36.8 Å². The summed E-state index contributed by atoms with van der Waals surface area (Å²) < 4.78 is 5.50. The van der Waals surface area contributed by atoms with Crippen molar-refractivity contribution in [2.75, 3.05) is 26.7 Å². The second-order valence-electron chi connectivity index (χ2n) is 9.81. The van der Waals surface area contributed by atoms with Crippen molar-refractivity contribution in [1.82, 2.24) is 4.90 Å². The zero-order valence-electron chi connectivity index (χ0n) is 18.7. The number of para-hydroxylation sites is 1. The van der Waals surface area contributed by atoms with E-state index < -0.39 is 6.10 Å². The van der Waals surface area contributed by atoms with Crippen LogP contribution in [0.25, 0.3) is 0 Å². The van der Waals surface area contributed by atoms with E-state index >= 15 is 0 Å². The number of rotatable bonds is 5. The maximum absolute atomic E-state index is 11.1. The highest BCUT2D eigenvalue weighted by molar-refractivity contribution is 5.62. The van der Waals surface area contributed by atoms with Crippen LogP contribution in [0.4, 0.5) is 0 Å². The second-order valence-corrected chi connectivity index (χ2v) is 9.81. The number of hydrogen-bond acceptors (Lipinski definition) is 3. The van der Waals surface area contributed by atoms with E-state index in [1.54, 1.807) is 18.2 Å². The van der Waals surface area contributed by atoms with Crippen molar-refractivity contribution in [1.29, 1.82) is 0 Å². The SMILES string of the molecule is COc1ccccc1[C@H](O)C1CCN(CC23CC(c4ccccc42)c2ccccc23)CC1. The molecule has 1 N–H and O–H groups in total. The van der Waals surface area contributed by atoms with Crippen molar-refractivity contribution in [3.05, 3.63) is 101 Å². The van der Waals surface area contributed by atoms with Gasteiger partial charge in [-0.05, 0) is 66.6 Å². The maximum atomic E-state index is 11.1. The van der Waals surface area contributed by atoms with Gasteiger partial charge >= 0.3 is 0 Å². The average molecular weight is 426 g/mol. The van der Waals surface area contributed by atoms with Crippen molar-refractivity contribution in [3.63, 3.8) is 0 Å². The monoisotopic (exact) mass is 425 g/mol. The van der Waals surface area contributed by atoms with Gasteiger partial charge in [0.15, 0.2) is 0 Å². The van der Waals surface area contributed by atoms with E-state index in [-0.39, 0.29) is 11.3 Å². The molecule has 0 amide bonds. The van der Waals surface area contributed by atoms with E-state index in [4.69, 9.17) is 4.74 Å². The summed E-state index contributed by atoms with van der Waals surface area (Å²) in [6.07, 6.45) is 2.77. The molecule has 1 aliphatic heterocycles. The van der Waals surface area contributed by atoms with Crippen molar-refractivity contribution >= 4 is 0 Å². The zero-order chi connectivity index (χ0) is 21.7. The molecule has 3 aromatic carbocycles. The molecule has 3 nitrogen and oxygen atoms in total. The predicted octanol–water partition coefficient (Wildman–Crippen LogP) is 5.28. The van der Waals surface area contributed by atoms with Crippen LogP contribution >= 0.6 is 0 Å². The number of aliphatic hydroxyl groups excluding tert-OH is 1. The van der Waals surface area contributed by atoms with Crippen molar-refractivity contribution in [3.8, 4) is 5.75 Å². The molecule has 1 fully saturated rings. The third-order valence-electron chi connectivity index (χ3n) is 8.29. The summed E-state index contributed by atoms with van der Waals surface area (Å²) in [5.74, 6) is 1.62. The van der Waals surface area contributed by atoms with Gasteiger partial charge in [-0.25, -0.2) is 0 Å². The lowest BCUT2D eigenvalue weighted by atomic mass is 9.74. The first-order valence-electron chi connectivity index (χ1n) is 11.9. The number of hydrogen-bond donors (Lipinski definition) is 1. The van der Waals surface area contributed by atoms with Gasteiger partial charge in [0.05, 0.1) is 13.2 Å². The lowest BCUT2D eigenvalue weighted by molar-refractivity contribution is 0.0525. The molecular weight excluding hydrogens is 394 g/mol. The largest absolute Gasteiger partial charge is 0.496 e. The van der Waals surface area contributed by atoms with Crippen LogP contribution in [0.5, 0.6) is 5.75 Å². The Morgan fingerprint density at radius 3 is 2.16 bits per heavy atom. The van der Waals surface area contributed by atoms with Gasteiger partial charge in [0, 0.05) is 23.4 Å². The number of methoxy groups -OCH3 is 1. The Bertz CT molecular complexity index is 1080. The summed E-state index contributed by atoms with van der Waals surface area (Å²) in [4.78, 5) is 2.65. The summed E-state index contributed by atoms with van der Waals surface area (Å²) in [5.41, 5.74) is 7.19. The number of nitrogens with zero attached hydrogens (tertiary/aromatic N) is 1. The Hall–Kier alpha value is -2.62. The van der Waals surface area contributed by atoms with Crippen LogP contribution in [0, 0.1) is 5.92 Å². The fourth-order valence-corrected chi connectivity index (χ4v) is 6.78. The van der Waals surface area contributed by atoms with Gasteiger partial charge in [-0.1, -0.05) is 66.7 Å². The first-order chi connectivity index (χ1) is 15.7. The Kier molecular flexibility index (Phi) is 4.85. The van der Waals surface area contributed by atoms with E-state index in [2.05, 4.69) is 53.4 Å². The number of piperidine rings is 1. The number of ether oxygens (including phenoxy) is 1. The van der Waals surface area contributed by atoms with Crippen LogP contribution in [0.15, 0.2) is 72.8 Å². The molecule has 0 radical (unpaired) electrons. The third kappa shape index (κ3) is 2.95. The molecule has 1 saturated heterocycles. The second kappa shape index (κ2) is 7.75. The molecule has 2 aliphatic carbocycles. The van der Waals surface area contributed by atoms with Crippen molar-refractivity contribution in [2.24, 2.45) is 5.92 Å².